The molecule has 0 saturated heterocycles. The van der Waals surface area contributed by atoms with Crippen LogP contribution in [0.5, 0.6) is 17.2 Å². The maximum absolute atomic E-state index is 13.1. The molecule has 0 aromatic heterocycles. The Kier molecular flexibility index (Phi) is 10.3. The number of hydrogen-bond acceptors (Lipinski definition) is 6. The molecule has 0 radical (unpaired) electrons. The molecule has 1 atom stereocenters. The molecule has 0 amide bonds. The zero-order valence-corrected chi connectivity index (χ0v) is 31.1. The highest BCUT2D eigenvalue weighted by Crippen LogP contribution is 2.33. The van der Waals surface area contributed by atoms with Gasteiger partial charge in [-0.05, 0) is 140 Å². The predicted octanol–water partition coefficient (Wildman–Crippen LogP) is 11.1. The van der Waals surface area contributed by atoms with Gasteiger partial charge in [-0.25, -0.2) is 16.8 Å². The number of ether oxygens (including phenoxy) is 2. The minimum Gasteiger partial charge on any atom is -0.483 e. The SMILES string of the molecule is CC(Cl)c1ccc(S(=O)(=O)c2ccc(Oc3ccc(-c4ccc(OC(C)(C)c5ccc(S(=O)(=O)c6ccc(Cl)cc6)cc5)cc4)cc3)cc2)cc1. The number of rotatable bonds is 11. The monoisotopic (exact) mass is 756 g/mol. The van der Waals surface area contributed by atoms with E-state index in [-0.39, 0.29) is 25.0 Å². The Hall–Kier alpha value is -4.60. The molecule has 0 fully saturated rings. The summed E-state index contributed by atoms with van der Waals surface area (Å²) in [5.74, 6) is 1.78. The van der Waals surface area contributed by atoms with E-state index in [2.05, 4.69) is 0 Å². The summed E-state index contributed by atoms with van der Waals surface area (Å²) in [6, 6.07) is 41.0. The summed E-state index contributed by atoms with van der Waals surface area (Å²) in [7, 11) is -7.36. The summed E-state index contributed by atoms with van der Waals surface area (Å²) >= 11 is 12.0. The second-order valence-corrected chi connectivity index (χ2v) is 17.4. The fraction of sp³-hybridized carbons (Fsp3) is 0.122. The number of halogens is 2. The van der Waals surface area contributed by atoms with Crippen molar-refractivity contribution in [3.63, 3.8) is 0 Å². The van der Waals surface area contributed by atoms with Crippen molar-refractivity contribution in [3.8, 4) is 28.4 Å². The molecular weight excluding hydrogens is 723 g/mol. The van der Waals surface area contributed by atoms with Crippen LogP contribution in [0.4, 0.5) is 0 Å². The van der Waals surface area contributed by atoms with Gasteiger partial charge in [0, 0.05) is 5.02 Å². The van der Waals surface area contributed by atoms with Crippen molar-refractivity contribution >= 4 is 42.9 Å². The van der Waals surface area contributed by atoms with Crippen LogP contribution in [0, 0.1) is 0 Å². The Morgan fingerprint density at radius 1 is 0.510 bits per heavy atom. The third-order valence-corrected chi connectivity index (χ3v) is 12.5. The van der Waals surface area contributed by atoms with E-state index in [9.17, 15) is 16.8 Å². The Morgan fingerprint density at radius 2 is 0.863 bits per heavy atom. The molecule has 0 bridgehead atoms. The molecule has 0 aliphatic rings. The van der Waals surface area contributed by atoms with Gasteiger partial charge in [-0.3, -0.25) is 0 Å². The third kappa shape index (κ3) is 8.16. The third-order valence-electron chi connectivity index (χ3n) is 8.42. The highest BCUT2D eigenvalue weighted by molar-refractivity contribution is 7.91. The maximum Gasteiger partial charge on any atom is 0.206 e. The molecular formula is C41H34Cl2O6S2. The van der Waals surface area contributed by atoms with Crippen molar-refractivity contribution in [1.29, 1.82) is 0 Å². The van der Waals surface area contributed by atoms with Crippen LogP contribution in [-0.2, 0) is 25.3 Å². The smallest absolute Gasteiger partial charge is 0.206 e. The van der Waals surface area contributed by atoms with Crippen LogP contribution in [0.15, 0.2) is 165 Å². The fourth-order valence-corrected chi connectivity index (χ4v) is 8.23. The first-order valence-electron chi connectivity index (χ1n) is 16.0. The molecule has 6 aromatic carbocycles. The van der Waals surface area contributed by atoms with E-state index in [1.807, 2.05) is 69.3 Å². The minimum atomic E-state index is -3.68. The van der Waals surface area contributed by atoms with Gasteiger partial charge in [0.05, 0.1) is 25.0 Å². The lowest BCUT2D eigenvalue weighted by Crippen LogP contribution is -2.25. The lowest BCUT2D eigenvalue weighted by atomic mass is 9.98. The van der Waals surface area contributed by atoms with E-state index >= 15 is 0 Å². The number of sulfone groups is 2. The molecule has 0 aliphatic heterocycles. The first-order chi connectivity index (χ1) is 24.2. The van der Waals surface area contributed by atoms with Crippen LogP contribution in [0.25, 0.3) is 11.1 Å². The molecule has 0 spiro atoms. The van der Waals surface area contributed by atoms with Crippen LogP contribution < -0.4 is 9.47 Å². The molecule has 6 aromatic rings. The number of benzene rings is 6. The van der Waals surface area contributed by atoms with Gasteiger partial charge in [0.2, 0.25) is 19.7 Å². The van der Waals surface area contributed by atoms with Gasteiger partial charge in [0.1, 0.15) is 22.8 Å². The highest BCUT2D eigenvalue weighted by Gasteiger charge is 2.25. The maximum atomic E-state index is 13.1. The molecule has 1 unspecified atom stereocenters. The van der Waals surface area contributed by atoms with Gasteiger partial charge in [-0.15, -0.1) is 11.6 Å². The van der Waals surface area contributed by atoms with E-state index in [0.29, 0.717) is 22.3 Å². The van der Waals surface area contributed by atoms with Crippen molar-refractivity contribution in [1.82, 2.24) is 0 Å². The second kappa shape index (κ2) is 14.6. The lowest BCUT2D eigenvalue weighted by Gasteiger charge is -2.27. The fourth-order valence-electron chi connectivity index (χ4n) is 5.44. The van der Waals surface area contributed by atoms with E-state index in [4.69, 9.17) is 32.7 Å². The predicted molar refractivity (Wildman–Crippen MR) is 202 cm³/mol. The molecule has 10 heteroatoms. The molecule has 0 heterocycles. The molecule has 6 rings (SSSR count). The van der Waals surface area contributed by atoms with E-state index in [1.165, 1.54) is 24.3 Å². The Balaban J connectivity index is 1.07. The van der Waals surface area contributed by atoms with Crippen molar-refractivity contribution < 1.29 is 26.3 Å². The minimum absolute atomic E-state index is 0.172. The number of alkyl halides is 1. The van der Waals surface area contributed by atoms with Gasteiger partial charge >= 0.3 is 0 Å². The van der Waals surface area contributed by atoms with Crippen LogP contribution in [-0.4, -0.2) is 16.8 Å². The average molecular weight is 758 g/mol. The summed E-state index contributed by atoms with van der Waals surface area (Å²) < 4.78 is 64.6. The second-order valence-electron chi connectivity index (χ2n) is 12.4. The van der Waals surface area contributed by atoms with Crippen molar-refractivity contribution in [2.75, 3.05) is 0 Å². The Bertz CT molecular complexity index is 2340. The van der Waals surface area contributed by atoms with Gasteiger partial charge in [-0.2, -0.15) is 0 Å². The molecule has 0 N–H and O–H groups in total. The van der Waals surface area contributed by atoms with Crippen molar-refractivity contribution in [2.45, 2.75) is 51.3 Å². The van der Waals surface area contributed by atoms with E-state index in [0.717, 1.165) is 22.3 Å². The molecule has 260 valence electrons. The van der Waals surface area contributed by atoms with Gasteiger partial charge < -0.3 is 9.47 Å². The zero-order chi connectivity index (χ0) is 36.4. The van der Waals surface area contributed by atoms with E-state index < -0.39 is 25.3 Å². The lowest BCUT2D eigenvalue weighted by molar-refractivity contribution is 0.109. The summed E-state index contributed by atoms with van der Waals surface area (Å²) in [6.45, 7) is 5.69. The van der Waals surface area contributed by atoms with E-state index in [1.54, 1.807) is 72.8 Å². The Morgan fingerprint density at radius 3 is 1.29 bits per heavy atom. The summed E-state index contributed by atoms with van der Waals surface area (Å²) in [5.41, 5.74) is 2.89. The normalized spacial score (nSPS) is 12.6. The standard InChI is InChI=1S/C41H34Cl2O6S2/c1-28(42)29-8-20-37(21-9-29)50(44,45)40-26-18-35(19-27-40)48-34-14-4-30(5-15-34)31-6-16-36(17-7-31)49-41(2,3)32-10-22-38(23-11-32)51(46,47)39-24-12-33(43)13-25-39/h4-28H,1-3H3. The Labute approximate surface area is 309 Å². The van der Waals surface area contributed by atoms with Gasteiger partial charge in [0.25, 0.3) is 0 Å². The van der Waals surface area contributed by atoms with Gasteiger partial charge in [-0.1, -0.05) is 60.1 Å². The van der Waals surface area contributed by atoms with Crippen molar-refractivity contribution in [3.05, 3.63) is 162 Å². The van der Waals surface area contributed by atoms with Crippen LogP contribution in [0.1, 0.15) is 37.3 Å². The quantitative estimate of drug-likeness (QED) is 0.122. The van der Waals surface area contributed by atoms with Crippen LogP contribution in [0.2, 0.25) is 5.02 Å². The van der Waals surface area contributed by atoms with Crippen LogP contribution in [0.3, 0.4) is 0 Å². The topological polar surface area (TPSA) is 86.7 Å². The molecule has 51 heavy (non-hydrogen) atoms. The largest absolute Gasteiger partial charge is 0.483 e. The van der Waals surface area contributed by atoms with Crippen molar-refractivity contribution in [2.24, 2.45) is 0 Å². The van der Waals surface area contributed by atoms with Crippen LogP contribution >= 0.6 is 23.2 Å². The molecule has 6 nitrogen and oxygen atoms in total. The first kappa shape index (κ1) is 36.2. The summed E-state index contributed by atoms with van der Waals surface area (Å²) in [6.07, 6.45) is 0. The zero-order valence-electron chi connectivity index (χ0n) is 28.0. The molecule has 0 aliphatic carbocycles. The highest BCUT2D eigenvalue weighted by atomic mass is 35.5. The number of hydrogen-bond donors (Lipinski definition) is 0. The van der Waals surface area contributed by atoms with Gasteiger partial charge in [0.15, 0.2) is 0 Å². The summed E-state index contributed by atoms with van der Waals surface area (Å²) in [4.78, 5) is 0.742. The average Bonchev–Trinajstić information content (AvgIpc) is 3.13. The molecule has 0 saturated carbocycles. The summed E-state index contributed by atoms with van der Waals surface area (Å²) in [5, 5.41) is 0.264. The first-order valence-corrected chi connectivity index (χ1v) is 19.8.